The lowest BCUT2D eigenvalue weighted by Gasteiger charge is -2.27. The Morgan fingerprint density at radius 2 is 1.82 bits per heavy atom. The number of rotatable bonds is 5. The van der Waals surface area contributed by atoms with E-state index < -0.39 is 0 Å². The van der Waals surface area contributed by atoms with Gasteiger partial charge in [-0.05, 0) is 56.6 Å². The van der Waals surface area contributed by atoms with Crippen molar-refractivity contribution in [1.82, 2.24) is 0 Å². The van der Waals surface area contributed by atoms with Crippen molar-refractivity contribution in [2.75, 3.05) is 0 Å². The molecule has 0 aromatic heterocycles. The maximum Gasteiger partial charge on any atom is 0.00946 e. The molecule has 1 aromatic carbocycles. The number of hydrogen-bond donors (Lipinski definition) is 0. The first-order chi connectivity index (χ1) is 8.38. The molecule has 1 aliphatic rings. The molecular weight excluding hydrogens is 224 g/mol. The third-order valence-corrected chi connectivity index (χ3v) is 4.97. The van der Waals surface area contributed by atoms with Crippen LogP contribution in [0.4, 0.5) is 0 Å². The highest BCUT2D eigenvalue weighted by molar-refractivity contribution is 8.00. The van der Waals surface area contributed by atoms with Gasteiger partial charge in [0.2, 0.25) is 0 Å². The first kappa shape index (κ1) is 12.8. The molecule has 0 spiro atoms. The highest BCUT2D eigenvalue weighted by Gasteiger charge is 2.21. The molecule has 1 fully saturated rings. The van der Waals surface area contributed by atoms with E-state index in [9.17, 15) is 0 Å². The predicted octanol–water partition coefficient (Wildman–Crippen LogP) is 5.30. The SMILES string of the molecule is C=CCCC1CCC(Sc2ccccc2)CC1. The highest BCUT2D eigenvalue weighted by Crippen LogP contribution is 2.37. The van der Waals surface area contributed by atoms with Crippen LogP contribution in [0.3, 0.4) is 0 Å². The zero-order valence-corrected chi connectivity index (χ0v) is 11.3. The van der Waals surface area contributed by atoms with Crippen LogP contribution < -0.4 is 0 Å². The molecular formula is C16H22S. The molecule has 0 saturated heterocycles. The Hall–Kier alpha value is -0.690. The van der Waals surface area contributed by atoms with E-state index in [2.05, 4.69) is 54.7 Å². The van der Waals surface area contributed by atoms with Crippen molar-refractivity contribution >= 4 is 11.8 Å². The van der Waals surface area contributed by atoms with E-state index in [-0.39, 0.29) is 0 Å². The van der Waals surface area contributed by atoms with E-state index >= 15 is 0 Å². The average Bonchev–Trinajstić information content (AvgIpc) is 2.39. The first-order valence-electron chi connectivity index (χ1n) is 6.71. The van der Waals surface area contributed by atoms with E-state index in [1.54, 1.807) is 0 Å². The second-order valence-corrected chi connectivity index (χ2v) is 6.31. The van der Waals surface area contributed by atoms with Crippen molar-refractivity contribution in [3.8, 4) is 0 Å². The van der Waals surface area contributed by atoms with Crippen LogP contribution in [0.5, 0.6) is 0 Å². The van der Waals surface area contributed by atoms with Crippen molar-refractivity contribution in [1.29, 1.82) is 0 Å². The molecule has 0 radical (unpaired) electrons. The van der Waals surface area contributed by atoms with Crippen LogP contribution in [0.25, 0.3) is 0 Å². The van der Waals surface area contributed by atoms with Gasteiger partial charge < -0.3 is 0 Å². The zero-order chi connectivity index (χ0) is 11.9. The summed E-state index contributed by atoms with van der Waals surface area (Å²) in [6, 6.07) is 10.8. The molecule has 1 aromatic rings. The molecule has 0 bridgehead atoms. The van der Waals surface area contributed by atoms with Gasteiger partial charge in [-0.1, -0.05) is 24.3 Å². The van der Waals surface area contributed by atoms with Crippen molar-refractivity contribution in [2.45, 2.75) is 48.7 Å². The Morgan fingerprint density at radius 1 is 1.12 bits per heavy atom. The van der Waals surface area contributed by atoms with Crippen molar-refractivity contribution < 1.29 is 0 Å². The quantitative estimate of drug-likeness (QED) is 0.635. The number of benzene rings is 1. The van der Waals surface area contributed by atoms with Crippen LogP contribution in [0, 0.1) is 5.92 Å². The summed E-state index contributed by atoms with van der Waals surface area (Å²) in [6.45, 7) is 3.81. The molecule has 0 N–H and O–H groups in total. The third kappa shape index (κ3) is 4.23. The summed E-state index contributed by atoms with van der Waals surface area (Å²) in [5.41, 5.74) is 0. The maximum atomic E-state index is 3.81. The fraction of sp³-hybridized carbons (Fsp3) is 0.500. The molecule has 0 aliphatic heterocycles. The lowest BCUT2D eigenvalue weighted by atomic mass is 9.86. The second kappa shape index (κ2) is 6.90. The normalized spacial score (nSPS) is 24.5. The Balaban J connectivity index is 1.74. The van der Waals surface area contributed by atoms with Gasteiger partial charge in [0, 0.05) is 10.1 Å². The van der Waals surface area contributed by atoms with Crippen molar-refractivity contribution in [3.05, 3.63) is 43.0 Å². The summed E-state index contributed by atoms with van der Waals surface area (Å²) < 4.78 is 0. The minimum absolute atomic E-state index is 0.845. The van der Waals surface area contributed by atoms with Crippen LogP contribution >= 0.6 is 11.8 Å². The van der Waals surface area contributed by atoms with Gasteiger partial charge in [0.05, 0.1) is 0 Å². The standard InChI is InChI=1S/C16H22S/c1-2-3-7-14-10-12-16(13-11-14)17-15-8-5-4-6-9-15/h2,4-6,8-9,14,16H,1,3,7,10-13H2. The number of allylic oxidation sites excluding steroid dienone is 1. The predicted molar refractivity (Wildman–Crippen MR) is 77.5 cm³/mol. The van der Waals surface area contributed by atoms with Crippen LogP contribution in [-0.4, -0.2) is 5.25 Å². The minimum Gasteiger partial charge on any atom is -0.123 e. The van der Waals surface area contributed by atoms with E-state index in [0.717, 1.165) is 11.2 Å². The smallest absolute Gasteiger partial charge is 0.00946 e. The topological polar surface area (TPSA) is 0 Å². The summed E-state index contributed by atoms with van der Waals surface area (Å²) in [4.78, 5) is 1.43. The Kier molecular flexibility index (Phi) is 5.18. The fourth-order valence-electron chi connectivity index (χ4n) is 2.58. The molecule has 92 valence electrons. The summed E-state index contributed by atoms with van der Waals surface area (Å²) in [7, 11) is 0. The number of thioether (sulfide) groups is 1. The third-order valence-electron chi connectivity index (χ3n) is 3.62. The van der Waals surface area contributed by atoms with Crippen LogP contribution in [0.2, 0.25) is 0 Å². The van der Waals surface area contributed by atoms with E-state index in [1.165, 1.54) is 43.4 Å². The van der Waals surface area contributed by atoms with Gasteiger partial charge in [-0.3, -0.25) is 0 Å². The molecule has 1 heteroatoms. The summed E-state index contributed by atoms with van der Waals surface area (Å²) in [5, 5.41) is 0.845. The van der Waals surface area contributed by atoms with Gasteiger partial charge in [0.15, 0.2) is 0 Å². The molecule has 2 rings (SSSR count). The average molecular weight is 246 g/mol. The summed E-state index contributed by atoms with van der Waals surface area (Å²) >= 11 is 2.07. The zero-order valence-electron chi connectivity index (χ0n) is 10.5. The van der Waals surface area contributed by atoms with E-state index in [0.29, 0.717) is 0 Å². The van der Waals surface area contributed by atoms with Gasteiger partial charge in [-0.15, -0.1) is 18.3 Å². The highest BCUT2D eigenvalue weighted by atomic mass is 32.2. The largest absolute Gasteiger partial charge is 0.123 e. The minimum atomic E-state index is 0.845. The molecule has 17 heavy (non-hydrogen) atoms. The first-order valence-corrected chi connectivity index (χ1v) is 7.59. The molecule has 0 unspecified atom stereocenters. The van der Waals surface area contributed by atoms with Crippen molar-refractivity contribution in [2.24, 2.45) is 5.92 Å². The Labute approximate surface area is 110 Å². The van der Waals surface area contributed by atoms with Crippen molar-refractivity contribution in [3.63, 3.8) is 0 Å². The second-order valence-electron chi connectivity index (χ2n) is 4.94. The fourth-order valence-corrected chi connectivity index (χ4v) is 3.79. The lowest BCUT2D eigenvalue weighted by molar-refractivity contribution is 0.347. The van der Waals surface area contributed by atoms with Gasteiger partial charge in [-0.25, -0.2) is 0 Å². The molecule has 0 atom stereocenters. The van der Waals surface area contributed by atoms with Crippen LogP contribution in [0.15, 0.2) is 47.9 Å². The summed E-state index contributed by atoms with van der Waals surface area (Å²) in [5.74, 6) is 0.959. The van der Waals surface area contributed by atoms with E-state index in [4.69, 9.17) is 0 Å². The lowest BCUT2D eigenvalue weighted by Crippen LogP contribution is -2.15. The van der Waals surface area contributed by atoms with Gasteiger partial charge in [-0.2, -0.15) is 0 Å². The van der Waals surface area contributed by atoms with E-state index in [1.807, 2.05) is 0 Å². The Bertz CT molecular complexity index is 323. The molecule has 1 aliphatic carbocycles. The van der Waals surface area contributed by atoms with Crippen LogP contribution in [0.1, 0.15) is 38.5 Å². The number of hydrogen-bond acceptors (Lipinski definition) is 1. The van der Waals surface area contributed by atoms with Gasteiger partial charge >= 0.3 is 0 Å². The maximum absolute atomic E-state index is 3.81. The van der Waals surface area contributed by atoms with Gasteiger partial charge in [0.1, 0.15) is 0 Å². The van der Waals surface area contributed by atoms with Gasteiger partial charge in [0.25, 0.3) is 0 Å². The Morgan fingerprint density at radius 3 is 2.47 bits per heavy atom. The molecule has 0 nitrogen and oxygen atoms in total. The molecule has 0 amide bonds. The molecule has 1 saturated carbocycles. The van der Waals surface area contributed by atoms with Crippen LogP contribution in [-0.2, 0) is 0 Å². The molecule has 0 heterocycles. The summed E-state index contributed by atoms with van der Waals surface area (Å²) in [6.07, 6.45) is 10.2. The monoisotopic (exact) mass is 246 g/mol.